The zero-order valence-corrected chi connectivity index (χ0v) is 22.2. The Morgan fingerprint density at radius 1 is 1.23 bits per heavy atom. The van der Waals surface area contributed by atoms with Crippen molar-refractivity contribution in [3.63, 3.8) is 0 Å². The third-order valence-corrected chi connectivity index (χ3v) is 6.78. The lowest BCUT2D eigenvalue weighted by Crippen LogP contribution is -2.46. The van der Waals surface area contributed by atoms with Crippen LogP contribution in [0.2, 0.25) is 0 Å². The van der Waals surface area contributed by atoms with Crippen LogP contribution < -0.4 is 10.6 Å². The van der Waals surface area contributed by atoms with Crippen LogP contribution in [-0.2, 0) is 11.3 Å². The molecule has 1 saturated heterocycles. The van der Waals surface area contributed by atoms with Gasteiger partial charge in [0.1, 0.15) is 0 Å². The monoisotopic (exact) mass is 561 g/mol. The molecule has 2 N–H and O–H groups in total. The molecule has 31 heavy (non-hydrogen) atoms. The molecule has 9 heteroatoms. The Labute approximate surface area is 207 Å². The SMILES string of the molecule is CCC(CC)c1cc(CNC(=NC)NCC(c2ccc(C)s2)N2CCOCC2)on1.I. The summed E-state index contributed by atoms with van der Waals surface area (Å²) in [7, 11) is 1.80. The van der Waals surface area contributed by atoms with Gasteiger partial charge in [-0.05, 0) is 31.9 Å². The molecule has 7 nitrogen and oxygen atoms in total. The maximum absolute atomic E-state index is 5.55. The molecule has 0 aromatic carbocycles. The van der Waals surface area contributed by atoms with Crippen LogP contribution in [0.25, 0.3) is 0 Å². The minimum Gasteiger partial charge on any atom is -0.379 e. The van der Waals surface area contributed by atoms with Gasteiger partial charge in [0, 0.05) is 48.4 Å². The van der Waals surface area contributed by atoms with Crippen LogP contribution in [0.15, 0.2) is 27.7 Å². The van der Waals surface area contributed by atoms with Crippen molar-refractivity contribution < 1.29 is 9.26 Å². The van der Waals surface area contributed by atoms with Crippen molar-refractivity contribution in [1.82, 2.24) is 20.7 Å². The molecule has 3 rings (SSSR count). The van der Waals surface area contributed by atoms with Gasteiger partial charge in [-0.3, -0.25) is 9.89 Å². The predicted octanol–water partition coefficient (Wildman–Crippen LogP) is 4.30. The number of aliphatic imine (C=N–C) groups is 1. The van der Waals surface area contributed by atoms with Crippen LogP contribution in [-0.4, -0.2) is 55.9 Å². The van der Waals surface area contributed by atoms with Crippen LogP contribution in [0.1, 0.15) is 59.9 Å². The fraction of sp³-hybridized carbons (Fsp3) is 0.636. The first-order valence-corrected chi connectivity index (χ1v) is 11.7. The summed E-state index contributed by atoms with van der Waals surface area (Å²) in [5.74, 6) is 2.06. The number of ether oxygens (including phenoxy) is 1. The van der Waals surface area contributed by atoms with E-state index in [1.54, 1.807) is 7.05 Å². The average molecular weight is 562 g/mol. The first kappa shape index (κ1) is 26.1. The van der Waals surface area contributed by atoms with Crippen molar-refractivity contribution in [2.45, 2.75) is 52.1 Å². The molecule has 0 radical (unpaired) electrons. The molecule has 174 valence electrons. The van der Waals surface area contributed by atoms with Gasteiger partial charge in [-0.1, -0.05) is 19.0 Å². The van der Waals surface area contributed by atoms with E-state index in [0.717, 1.165) is 63.1 Å². The van der Waals surface area contributed by atoms with Gasteiger partial charge in [0.25, 0.3) is 0 Å². The van der Waals surface area contributed by atoms with E-state index in [0.29, 0.717) is 18.5 Å². The second-order valence-corrected chi connectivity index (χ2v) is 8.97. The summed E-state index contributed by atoms with van der Waals surface area (Å²) in [6.45, 7) is 11.4. The number of thiophene rings is 1. The van der Waals surface area contributed by atoms with Gasteiger partial charge < -0.3 is 19.9 Å². The normalized spacial score (nSPS) is 16.2. The Bertz CT molecular complexity index is 799. The lowest BCUT2D eigenvalue weighted by molar-refractivity contribution is 0.0177. The molecule has 1 aliphatic heterocycles. The summed E-state index contributed by atoms with van der Waals surface area (Å²) in [5.41, 5.74) is 1.04. The van der Waals surface area contributed by atoms with E-state index in [1.165, 1.54) is 9.75 Å². The Hall–Kier alpha value is -1.17. The number of morpholine rings is 1. The topological polar surface area (TPSA) is 74.9 Å². The Morgan fingerprint density at radius 3 is 2.58 bits per heavy atom. The van der Waals surface area contributed by atoms with Gasteiger partial charge in [0.05, 0.1) is 31.5 Å². The van der Waals surface area contributed by atoms with Gasteiger partial charge in [0.15, 0.2) is 11.7 Å². The molecule has 1 atom stereocenters. The number of halogens is 1. The number of rotatable bonds is 9. The third kappa shape index (κ3) is 7.44. The largest absolute Gasteiger partial charge is 0.379 e. The fourth-order valence-corrected chi connectivity index (χ4v) is 4.84. The van der Waals surface area contributed by atoms with Crippen molar-refractivity contribution in [2.75, 3.05) is 39.9 Å². The van der Waals surface area contributed by atoms with E-state index >= 15 is 0 Å². The second kappa shape index (κ2) is 13.4. The molecular formula is C22H36IN5O2S. The Kier molecular flexibility index (Phi) is 11.3. The lowest BCUT2D eigenvalue weighted by atomic mass is 9.99. The Morgan fingerprint density at radius 2 is 1.97 bits per heavy atom. The van der Waals surface area contributed by atoms with E-state index < -0.39 is 0 Å². The number of hydrogen-bond donors (Lipinski definition) is 2. The van der Waals surface area contributed by atoms with Crippen molar-refractivity contribution in [2.24, 2.45) is 4.99 Å². The quantitative estimate of drug-likeness (QED) is 0.270. The molecule has 0 aliphatic carbocycles. The van der Waals surface area contributed by atoms with E-state index in [4.69, 9.17) is 9.26 Å². The standard InChI is InChI=1S/C22H35N5O2S.HI/c1-5-17(6-2)19-13-18(29-26-19)14-24-22(23-4)25-15-20(21-8-7-16(3)30-21)27-9-11-28-12-10-27;/h7-8,13,17,20H,5-6,9-12,14-15H2,1-4H3,(H2,23,24,25);1H. The molecule has 3 heterocycles. The predicted molar refractivity (Wildman–Crippen MR) is 138 cm³/mol. The molecule has 0 bridgehead atoms. The lowest BCUT2D eigenvalue weighted by Gasteiger charge is -2.34. The van der Waals surface area contributed by atoms with E-state index in [1.807, 2.05) is 11.3 Å². The van der Waals surface area contributed by atoms with Crippen LogP contribution in [0.3, 0.4) is 0 Å². The van der Waals surface area contributed by atoms with Crippen molar-refractivity contribution in [3.05, 3.63) is 39.4 Å². The zero-order valence-electron chi connectivity index (χ0n) is 19.0. The highest BCUT2D eigenvalue weighted by Crippen LogP contribution is 2.28. The highest BCUT2D eigenvalue weighted by atomic mass is 127. The molecule has 1 unspecified atom stereocenters. The summed E-state index contributed by atoms with van der Waals surface area (Å²) in [6.07, 6.45) is 2.15. The highest BCUT2D eigenvalue weighted by Gasteiger charge is 2.24. The average Bonchev–Trinajstić information content (AvgIpc) is 3.41. The number of guanidine groups is 1. The van der Waals surface area contributed by atoms with Crippen molar-refractivity contribution in [3.8, 4) is 0 Å². The third-order valence-electron chi connectivity index (χ3n) is 5.67. The molecule has 0 amide bonds. The first-order chi connectivity index (χ1) is 14.6. The summed E-state index contributed by atoms with van der Waals surface area (Å²) < 4.78 is 11.1. The molecular weight excluding hydrogens is 525 g/mol. The van der Waals surface area contributed by atoms with E-state index in [9.17, 15) is 0 Å². The highest BCUT2D eigenvalue weighted by molar-refractivity contribution is 14.0. The maximum atomic E-state index is 5.55. The van der Waals surface area contributed by atoms with Crippen molar-refractivity contribution in [1.29, 1.82) is 0 Å². The van der Waals surface area contributed by atoms with Gasteiger partial charge >= 0.3 is 0 Å². The molecule has 0 saturated carbocycles. The molecule has 1 aliphatic rings. The fourth-order valence-electron chi connectivity index (χ4n) is 3.83. The van der Waals surface area contributed by atoms with E-state index in [-0.39, 0.29) is 24.0 Å². The minimum absolute atomic E-state index is 0. The van der Waals surface area contributed by atoms with Gasteiger partial charge in [0.2, 0.25) is 0 Å². The summed E-state index contributed by atoms with van der Waals surface area (Å²) in [6, 6.07) is 6.80. The summed E-state index contributed by atoms with van der Waals surface area (Å²) >= 11 is 1.86. The van der Waals surface area contributed by atoms with E-state index in [2.05, 4.69) is 64.7 Å². The van der Waals surface area contributed by atoms with Crippen LogP contribution in [0.5, 0.6) is 0 Å². The molecule has 0 spiro atoms. The summed E-state index contributed by atoms with van der Waals surface area (Å²) in [5, 5.41) is 11.1. The maximum Gasteiger partial charge on any atom is 0.191 e. The minimum atomic E-state index is 0. The van der Waals surface area contributed by atoms with Gasteiger partial charge in [-0.15, -0.1) is 35.3 Å². The second-order valence-electron chi connectivity index (χ2n) is 7.65. The summed E-state index contributed by atoms with van der Waals surface area (Å²) in [4.78, 5) is 9.59. The molecule has 1 fully saturated rings. The van der Waals surface area contributed by atoms with Crippen LogP contribution >= 0.6 is 35.3 Å². The molecule has 2 aromatic rings. The van der Waals surface area contributed by atoms with Crippen LogP contribution in [0.4, 0.5) is 0 Å². The number of aromatic nitrogens is 1. The zero-order chi connectivity index (χ0) is 21.3. The van der Waals surface area contributed by atoms with Gasteiger partial charge in [-0.25, -0.2) is 0 Å². The number of nitrogens with one attached hydrogen (secondary N) is 2. The number of nitrogens with zero attached hydrogens (tertiary/aromatic N) is 3. The molecule has 2 aromatic heterocycles. The number of hydrogen-bond acceptors (Lipinski definition) is 6. The first-order valence-electron chi connectivity index (χ1n) is 10.9. The number of aryl methyl sites for hydroxylation is 1. The van der Waals surface area contributed by atoms with Gasteiger partial charge in [-0.2, -0.15) is 0 Å². The smallest absolute Gasteiger partial charge is 0.191 e. The Balaban J connectivity index is 0.00000341. The van der Waals surface area contributed by atoms with Crippen LogP contribution in [0, 0.1) is 6.92 Å². The van der Waals surface area contributed by atoms with Crippen molar-refractivity contribution >= 4 is 41.3 Å².